The molecule has 0 atom stereocenters. The third kappa shape index (κ3) is 3.35. The van der Waals surface area contributed by atoms with Gasteiger partial charge in [-0.25, -0.2) is 9.11 Å². The normalized spacial score (nSPS) is 10.1. The van der Waals surface area contributed by atoms with Gasteiger partial charge in [-0.3, -0.25) is 4.79 Å². The largest absolute Gasteiger partial charge is 0.480 e. The molecule has 0 saturated heterocycles. The van der Waals surface area contributed by atoms with Crippen molar-refractivity contribution in [2.24, 2.45) is 0 Å². The van der Waals surface area contributed by atoms with E-state index in [-0.39, 0.29) is 12.4 Å². The van der Waals surface area contributed by atoms with Crippen molar-refractivity contribution in [1.29, 1.82) is 0 Å². The Morgan fingerprint density at radius 2 is 2.36 bits per heavy atom. The Morgan fingerprint density at radius 3 is 2.93 bits per heavy atom. The summed E-state index contributed by atoms with van der Waals surface area (Å²) in [6.07, 6.45) is 0. The number of carboxylic acids is 1. The molecule has 2 N–H and O–H groups in total. The molecule has 1 aromatic carbocycles. The van der Waals surface area contributed by atoms with E-state index in [1.54, 1.807) is 19.1 Å². The summed E-state index contributed by atoms with van der Waals surface area (Å²) in [5, 5.41) is 8.35. The number of carboxylic acid groups (broad SMARTS) is 1. The molecule has 5 heteroatoms. The van der Waals surface area contributed by atoms with Gasteiger partial charge >= 0.3 is 5.97 Å². The molecule has 0 aromatic heterocycles. The van der Waals surface area contributed by atoms with E-state index in [1.165, 1.54) is 18.0 Å². The zero-order valence-electron chi connectivity index (χ0n) is 7.58. The van der Waals surface area contributed by atoms with Gasteiger partial charge in [0.25, 0.3) is 0 Å². The van der Waals surface area contributed by atoms with Gasteiger partial charge in [0.05, 0.1) is 0 Å². The number of aryl methyl sites for hydroxylation is 1. The molecule has 0 bridgehead atoms. The van der Waals surface area contributed by atoms with Crippen LogP contribution < -0.4 is 4.72 Å². The standard InChI is InChI=1S/C9H10FNO2S/c1-6-4-7(2-3-8(6)10)14-11-5-9(12)13/h2-4,11H,5H2,1H3,(H,12,13). The average molecular weight is 215 g/mol. The minimum Gasteiger partial charge on any atom is -0.480 e. The van der Waals surface area contributed by atoms with Crippen molar-refractivity contribution < 1.29 is 14.3 Å². The van der Waals surface area contributed by atoms with Crippen LogP contribution in [-0.2, 0) is 4.79 Å². The summed E-state index contributed by atoms with van der Waals surface area (Å²) in [7, 11) is 0. The molecule has 0 aliphatic carbocycles. The van der Waals surface area contributed by atoms with E-state index in [9.17, 15) is 9.18 Å². The van der Waals surface area contributed by atoms with Crippen LogP contribution in [0.25, 0.3) is 0 Å². The molecule has 0 spiro atoms. The predicted octanol–water partition coefficient (Wildman–Crippen LogP) is 1.82. The molecule has 0 amide bonds. The fourth-order valence-corrected chi connectivity index (χ4v) is 1.60. The molecule has 76 valence electrons. The first-order chi connectivity index (χ1) is 6.59. The molecule has 3 nitrogen and oxygen atoms in total. The fourth-order valence-electron chi connectivity index (χ4n) is 0.862. The summed E-state index contributed by atoms with van der Waals surface area (Å²) < 4.78 is 15.5. The lowest BCUT2D eigenvalue weighted by Gasteiger charge is -2.02. The lowest BCUT2D eigenvalue weighted by atomic mass is 10.2. The SMILES string of the molecule is Cc1cc(SNCC(=O)O)ccc1F. The van der Waals surface area contributed by atoms with Crippen LogP contribution in [0.3, 0.4) is 0 Å². The molecule has 0 saturated carbocycles. The lowest BCUT2D eigenvalue weighted by molar-refractivity contribution is -0.135. The van der Waals surface area contributed by atoms with E-state index in [0.29, 0.717) is 5.56 Å². The number of nitrogens with one attached hydrogen (secondary N) is 1. The van der Waals surface area contributed by atoms with Crippen LogP contribution >= 0.6 is 11.9 Å². The number of rotatable bonds is 4. The molecule has 1 rings (SSSR count). The average Bonchev–Trinajstić information content (AvgIpc) is 2.10. The smallest absolute Gasteiger partial charge is 0.318 e. The van der Waals surface area contributed by atoms with Crippen molar-refractivity contribution in [3.8, 4) is 0 Å². The van der Waals surface area contributed by atoms with Crippen LogP contribution in [0.1, 0.15) is 5.56 Å². The summed E-state index contributed by atoms with van der Waals surface area (Å²) in [5.74, 6) is -1.18. The second-order valence-electron chi connectivity index (χ2n) is 2.73. The van der Waals surface area contributed by atoms with Gasteiger partial charge in [-0.05, 0) is 42.6 Å². The van der Waals surface area contributed by atoms with E-state index >= 15 is 0 Å². The zero-order chi connectivity index (χ0) is 10.6. The van der Waals surface area contributed by atoms with Gasteiger partial charge in [-0.15, -0.1) is 0 Å². The molecular formula is C9H10FNO2S. The number of benzene rings is 1. The van der Waals surface area contributed by atoms with Crippen molar-refractivity contribution in [2.45, 2.75) is 11.8 Å². The Kier molecular flexibility index (Phi) is 3.91. The second-order valence-corrected chi connectivity index (χ2v) is 3.69. The van der Waals surface area contributed by atoms with Crippen LogP contribution in [0.4, 0.5) is 4.39 Å². The highest BCUT2D eigenvalue weighted by Crippen LogP contribution is 2.17. The topological polar surface area (TPSA) is 49.3 Å². The van der Waals surface area contributed by atoms with Crippen molar-refractivity contribution in [3.63, 3.8) is 0 Å². The number of aliphatic carboxylic acids is 1. The van der Waals surface area contributed by atoms with E-state index in [4.69, 9.17) is 5.11 Å². The highest BCUT2D eigenvalue weighted by molar-refractivity contribution is 7.97. The Morgan fingerprint density at radius 1 is 1.64 bits per heavy atom. The van der Waals surface area contributed by atoms with Crippen LogP contribution in [0.15, 0.2) is 23.1 Å². The summed E-state index contributed by atoms with van der Waals surface area (Å²) in [5.41, 5.74) is 0.548. The number of halogens is 1. The number of hydrogen-bond donors (Lipinski definition) is 2. The van der Waals surface area contributed by atoms with E-state index in [1.807, 2.05) is 0 Å². The molecule has 0 fully saturated rings. The quantitative estimate of drug-likeness (QED) is 0.752. The molecule has 0 unspecified atom stereocenters. The van der Waals surface area contributed by atoms with Gasteiger partial charge in [-0.1, -0.05) is 0 Å². The first-order valence-corrected chi connectivity index (χ1v) is 4.79. The Balaban J connectivity index is 2.51. The molecule has 0 radical (unpaired) electrons. The molecular weight excluding hydrogens is 205 g/mol. The van der Waals surface area contributed by atoms with Gasteiger partial charge in [-0.2, -0.15) is 0 Å². The summed E-state index contributed by atoms with van der Waals surface area (Å²) in [6, 6.07) is 4.62. The predicted molar refractivity (Wildman–Crippen MR) is 52.6 cm³/mol. The van der Waals surface area contributed by atoms with Crippen molar-refractivity contribution in [3.05, 3.63) is 29.6 Å². The van der Waals surface area contributed by atoms with E-state index < -0.39 is 5.97 Å². The maximum absolute atomic E-state index is 12.8. The lowest BCUT2D eigenvalue weighted by Crippen LogP contribution is -2.15. The van der Waals surface area contributed by atoms with E-state index in [0.717, 1.165) is 4.90 Å². The van der Waals surface area contributed by atoms with Gasteiger partial charge in [0.15, 0.2) is 0 Å². The van der Waals surface area contributed by atoms with Crippen LogP contribution in [0, 0.1) is 12.7 Å². The first-order valence-electron chi connectivity index (χ1n) is 3.97. The molecule has 0 heterocycles. The van der Waals surface area contributed by atoms with Crippen LogP contribution in [0.5, 0.6) is 0 Å². The first kappa shape index (κ1) is 11.0. The van der Waals surface area contributed by atoms with E-state index in [2.05, 4.69) is 4.72 Å². The Bertz CT molecular complexity index is 344. The van der Waals surface area contributed by atoms with Gasteiger partial charge in [0.1, 0.15) is 12.4 Å². The second kappa shape index (κ2) is 4.97. The van der Waals surface area contributed by atoms with Gasteiger partial charge in [0.2, 0.25) is 0 Å². The Labute approximate surface area is 85.5 Å². The third-order valence-electron chi connectivity index (χ3n) is 1.54. The maximum Gasteiger partial charge on any atom is 0.318 e. The number of hydrogen-bond acceptors (Lipinski definition) is 3. The number of carbonyl (C=O) groups is 1. The monoisotopic (exact) mass is 215 g/mol. The van der Waals surface area contributed by atoms with Crippen molar-refractivity contribution in [2.75, 3.05) is 6.54 Å². The molecule has 0 aliphatic rings. The van der Waals surface area contributed by atoms with Crippen LogP contribution in [0.2, 0.25) is 0 Å². The van der Waals surface area contributed by atoms with Crippen molar-refractivity contribution in [1.82, 2.24) is 4.72 Å². The van der Waals surface area contributed by atoms with Crippen molar-refractivity contribution >= 4 is 17.9 Å². The minimum atomic E-state index is -0.920. The minimum absolute atomic E-state index is 0.124. The fraction of sp³-hybridized carbons (Fsp3) is 0.222. The molecule has 14 heavy (non-hydrogen) atoms. The van der Waals surface area contributed by atoms with Crippen LogP contribution in [-0.4, -0.2) is 17.6 Å². The molecule has 1 aromatic rings. The summed E-state index contributed by atoms with van der Waals surface area (Å²) >= 11 is 1.17. The third-order valence-corrected chi connectivity index (χ3v) is 2.32. The maximum atomic E-state index is 12.8. The highest BCUT2D eigenvalue weighted by atomic mass is 32.2. The highest BCUT2D eigenvalue weighted by Gasteiger charge is 2.00. The summed E-state index contributed by atoms with van der Waals surface area (Å²) in [4.78, 5) is 11.0. The Hall–Kier alpha value is -1.07. The van der Waals surface area contributed by atoms with Gasteiger partial charge < -0.3 is 5.11 Å². The summed E-state index contributed by atoms with van der Waals surface area (Å²) in [6.45, 7) is 1.54. The van der Waals surface area contributed by atoms with Gasteiger partial charge in [0, 0.05) is 4.90 Å². The molecule has 0 aliphatic heterocycles. The zero-order valence-corrected chi connectivity index (χ0v) is 8.40.